The normalized spacial score (nSPS) is 44.4. The average molecular weight is 284 g/mol. The molecule has 84 valence electrons. The molecule has 1 saturated heterocycles. The first-order valence-electron chi connectivity index (χ1n) is 5.25. The summed E-state index contributed by atoms with van der Waals surface area (Å²) in [6.07, 6.45) is 1.96. The van der Waals surface area contributed by atoms with Crippen LogP contribution in [0.1, 0.15) is 40.5 Å². The van der Waals surface area contributed by atoms with Crippen molar-refractivity contribution in [1.82, 2.24) is 0 Å². The Bertz CT molecular complexity index is 205. The van der Waals surface area contributed by atoms with Crippen LogP contribution in [0.2, 0.25) is 0 Å². The van der Waals surface area contributed by atoms with Gasteiger partial charge in [-0.3, -0.25) is 0 Å². The molecule has 3 atom stereocenters. The molecule has 0 bridgehead atoms. The van der Waals surface area contributed by atoms with Gasteiger partial charge in [-0.15, -0.1) is 11.6 Å². The van der Waals surface area contributed by atoms with E-state index in [1.165, 1.54) is 0 Å². The molecule has 0 radical (unpaired) electrons. The molecule has 0 aliphatic carbocycles. The van der Waals surface area contributed by atoms with Gasteiger partial charge in [0.15, 0.2) is 0 Å². The molecule has 0 amide bonds. The number of hydrogen-bond acceptors (Lipinski definition) is 1. The zero-order chi connectivity index (χ0) is 11.0. The van der Waals surface area contributed by atoms with Gasteiger partial charge in [0.25, 0.3) is 0 Å². The van der Waals surface area contributed by atoms with E-state index in [2.05, 4.69) is 43.6 Å². The van der Waals surface area contributed by atoms with Crippen molar-refractivity contribution >= 4 is 27.5 Å². The zero-order valence-corrected chi connectivity index (χ0v) is 11.8. The molecule has 1 rings (SSSR count). The van der Waals surface area contributed by atoms with Gasteiger partial charge in [0.05, 0.1) is 15.3 Å². The highest BCUT2D eigenvalue weighted by Gasteiger charge is 2.48. The van der Waals surface area contributed by atoms with E-state index in [1.54, 1.807) is 0 Å². The fourth-order valence-electron chi connectivity index (χ4n) is 2.29. The van der Waals surface area contributed by atoms with Crippen molar-refractivity contribution in [3.63, 3.8) is 0 Å². The van der Waals surface area contributed by atoms with Crippen molar-refractivity contribution in [3.05, 3.63) is 0 Å². The van der Waals surface area contributed by atoms with Crippen molar-refractivity contribution < 1.29 is 4.74 Å². The van der Waals surface area contributed by atoms with E-state index in [-0.39, 0.29) is 15.3 Å². The molecule has 1 aliphatic rings. The maximum atomic E-state index is 6.46. The minimum atomic E-state index is -0.179. The van der Waals surface area contributed by atoms with Crippen LogP contribution in [0.25, 0.3) is 0 Å². The second-order valence-corrected chi connectivity index (χ2v) is 6.93. The van der Waals surface area contributed by atoms with E-state index >= 15 is 0 Å². The van der Waals surface area contributed by atoms with E-state index in [0.29, 0.717) is 5.92 Å². The molecule has 1 heterocycles. The minimum Gasteiger partial charge on any atom is -0.374 e. The van der Waals surface area contributed by atoms with Gasteiger partial charge in [0.2, 0.25) is 0 Å². The molecular formula is C11H20BrClO. The Kier molecular flexibility index (Phi) is 3.94. The number of hydrogen-bond donors (Lipinski definition) is 0. The Labute approximate surface area is 101 Å². The van der Waals surface area contributed by atoms with Crippen LogP contribution in [0.5, 0.6) is 0 Å². The summed E-state index contributed by atoms with van der Waals surface area (Å²) >= 11 is 10.2. The number of ether oxygens (including phenoxy) is 1. The molecule has 0 aromatic rings. The lowest BCUT2D eigenvalue weighted by Gasteiger charge is -2.47. The highest BCUT2D eigenvalue weighted by molar-refractivity contribution is 9.09. The van der Waals surface area contributed by atoms with Gasteiger partial charge in [-0.25, -0.2) is 0 Å². The van der Waals surface area contributed by atoms with Gasteiger partial charge in [0.1, 0.15) is 0 Å². The number of rotatable bonds is 2. The quantitative estimate of drug-likeness (QED) is 0.697. The smallest absolute Gasteiger partial charge is 0.0798 e. The summed E-state index contributed by atoms with van der Waals surface area (Å²) in [5.41, 5.74) is -0.122. The Balaban J connectivity index is 2.77. The minimum absolute atomic E-state index is 0.122. The topological polar surface area (TPSA) is 9.23 Å². The van der Waals surface area contributed by atoms with Crippen LogP contribution in [0.15, 0.2) is 0 Å². The summed E-state index contributed by atoms with van der Waals surface area (Å²) in [6, 6.07) is 0. The lowest BCUT2D eigenvalue weighted by atomic mass is 9.82. The van der Waals surface area contributed by atoms with E-state index < -0.39 is 0 Å². The summed E-state index contributed by atoms with van der Waals surface area (Å²) < 4.78 is 5.89. The van der Waals surface area contributed by atoms with Gasteiger partial charge < -0.3 is 4.74 Å². The largest absolute Gasteiger partial charge is 0.374 e. The van der Waals surface area contributed by atoms with Crippen molar-refractivity contribution in [1.29, 1.82) is 0 Å². The first-order chi connectivity index (χ1) is 6.28. The van der Waals surface area contributed by atoms with Crippen molar-refractivity contribution in [3.8, 4) is 0 Å². The van der Waals surface area contributed by atoms with E-state index in [9.17, 15) is 0 Å². The van der Waals surface area contributed by atoms with Crippen molar-refractivity contribution in [2.75, 3.05) is 6.61 Å². The number of alkyl halides is 2. The van der Waals surface area contributed by atoms with Crippen LogP contribution in [0.4, 0.5) is 0 Å². The van der Waals surface area contributed by atoms with Crippen LogP contribution < -0.4 is 0 Å². The summed E-state index contributed by atoms with van der Waals surface area (Å²) in [5.74, 6) is 0.630. The lowest BCUT2D eigenvalue weighted by molar-refractivity contribution is -0.0800. The predicted octanol–water partition coefficient (Wildman–Crippen LogP) is 3.97. The molecule has 3 unspecified atom stereocenters. The fraction of sp³-hybridized carbons (Fsp3) is 1.00. The molecule has 14 heavy (non-hydrogen) atoms. The SMILES string of the molecule is CC(C)CC1(C)OCCC(C)(Cl)C1Br. The summed E-state index contributed by atoms with van der Waals surface area (Å²) in [4.78, 5) is 0.0438. The Morgan fingerprint density at radius 1 is 1.50 bits per heavy atom. The zero-order valence-electron chi connectivity index (χ0n) is 9.44. The maximum Gasteiger partial charge on any atom is 0.0798 e. The van der Waals surface area contributed by atoms with Gasteiger partial charge in [-0.05, 0) is 32.6 Å². The molecule has 0 aromatic heterocycles. The standard InChI is InChI=1S/C11H20BrClO/c1-8(2)7-11(4)9(12)10(3,13)5-6-14-11/h8-9H,5-7H2,1-4H3. The third kappa shape index (κ3) is 2.65. The van der Waals surface area contributed by atoms with Crippen LogP contribution in [-0.4, -0.2) is 21.9 Å². The summed E-state index contributed by atoms with van der Waals surface area (Å²) in [7, 11) is 0. The summed E-state index contributed by atoms with van der Waals surface area (Å²) in [6.45, 7) is 9.45. The fourth-order valence-corrected chi connectivity index (χ4v) is 3.15. The maximum absolute atomic E-state index is 6.46. The van der Waals surface area contributed by atoms with Crippen molar-refractivity contribution in [2.24, 2.45) is 5.92 Å². The Morgan fingerprint density at radius 2 is 2.07 bits per heavy atom. The van der Waals surface area contributed by atoms with Crippen LogP contribution in [0.3, 0.4) is 0 Å². The van der Waals surface area contributed by atoms with Crippen molar-refractivity contribution in [2.45, 2.75) is 55.8 Å². The van der Waals surface area contributed by atoms with Gasteiger partial charge in [-0.1, -0.05) is 29.8 Å². The van der Waals surface area contributed by atoms with Crippen LogP contribution in [0, 0.1) is 5.92 Å². The predicted molar refractivity (Wildman–Crippen MR) is 65.4 cm³/mol. The molecule has 1 fully saturated rings. The van der Waals surface area contributed by atoms with E-state index in [4.69, 9.17) is 16.3 Å². The van der Waals surface area contributed by atoms with Crippen LogP contribution in [-0.2, 0) is 4.74 Å². The second kappa shape index (κ2) is 4.31. The Hall–Kier alpha value is 0.730. The molecule has 1 nitrogen and oxygen atoms in total. The third-order valence-electron chi connectivity index (χ3n) is 2.90. The van der Waals surface area contributed by atoms with Gasteiger partial charge >= 0.3 is 0 Å². The number of halogens is 2. The second-order valence-electron chi connectivity index (χ2n) is 5.15. The van der Waals surface area contributed by atoms with E-state index in [0.717, 1.165) is 19.4 Å². The molecule has 0 spiro atoms. The highest BCUT2D eigenvalue weighted by atomic mass is 79.9. The molecular weight excluding hydrogens is 263 g/mol. The third-order valence-corrected chi connectivity index (χ3v) is 5.55. The van der Waals surface area contributed by atoms with E-state index in [1.807, 2.05) is 0 Å². The highest BCUT2D eigenvalue weighted by Crippen LogP contribution is 2.44. The lowest BCUT2D eigenvalue weighted by Crippen LogP contribution is -2.54. The molecule has 0 aromatic carbocycles. The first-order valence-corrected chi connectivity index (χ1v) is 6.54. The first kappa shape index (κ1) is 12.8. The molecule has 3 heteroatoms. The summed E-state index contributed by atoms with van der Waals surface area (Å²) in [5, 5.41) is 0. The molecule has 0 N–H and O–H groups in total. The Morgan fingerprint density at radius 3 is 2.57 bits per heavy atom. The monoisotopic (exact) mass is 282 g/mol. The van der Waals surface area contributed by atoms with Gasteiger partial charge in [0, 0.05) is 6.61 Å². The average Bonchev–Trinajstić information content (AvgIpc) is 1.98. The molecule has 0 saturated carbocycles. The van der Waals surface area contributed by atoms with Gasteiger partial charge in [-0.2, -0.15) is 0 Å². The molecule has 1 aliphatic heterocycles. The van der Waals surface area contributed by atoms with Crippen LogP contribution >= 0.6 is 27.5 Å².